The van der Waals surface area contributed by atoms with Gasteiger partial charge in [0.1, 0.15) is 11.4 Å². The van der Waals surface area contributed by atoms with Gasteiger partial charge in [-0.2, -0.15) is 0 Å². The highest BCUT2D eigenvalue weighted by Crippen LogP contribution is 2.21. The van der Waals surface area contributed by atoms with Crippen molar-refractivity contribution in [1.29, 1.82) is 0 Å². The molecule has 0 aliphatic rings. The molecule has 0 aliphatic carbocycles. The summed E-state index contributed by atoms with van der Waals surface area (Å²) < 4.78 is 1.96. The Morgan fingerprint density at radius 2 is 2.00 bits per heavy atom. The zero-order chi connectivity index (χ0) is 17.3. The second-order valence-corrected chi connectivity index (χ2v) is 6.02. The summed E-state index contributed by atoms with van der Waals surface area (Å²) in [4.78, 5) is 16.6. The Morgan fingerprint density at radius 3 is 2.67 bits per heavy atom. The third-order valence-corrected chi connectivity index (χ3v) is 4.09. The van der Waals surface area contributed by atoms with E-state index in [1.54, 1.807) is 30.5 Å². The van der Waals surface area contributed by atoms with Gasteiger partial charge in [0.05, 0.1) is 12.1 Å². The van der Waals surface area contributed by atoms with Crippen molar-refractivity contribution in [2.24, 2.45) is 7.05 Å². The number of nitrogens with one attached hydrogen (secondary N) is 1. The van der Waals surface area contributed by atoms with Gasteiger partial charge in [-0.3, -0.25) is 4.79 Å². The standard InChI is InChI=1S/C18H19N3O3/c1-18(24,11-22)14-5-3-12(4-6-14)17(23)20-16-9-15-13(10-19-16)7-8-21(15)2/h3-10,22,24H,11H2,1-2H3,(H,19,20,23)/t18-/m1/s1. The number of carbonyl (C=O) groups is 1. The molecule has 2 heterocycles. The smallest absolute Gasteiger partial charge is 0.256 e. The van der Waals surface area contributed by atoms with E-state index in [4.69, 9.17) is 0 Å². The molecule has 1 aromatic carbocycles. The first-order valence-corrected chi connectivity index (χ1v) is 7.57. The van der Waals surface area contributed by atoms with Gasteiger partial charge in [0.25, 0.3) is 5.91 Å². The second-order valence-electron chi connectivity index (χ2n) is 6.02. The summed E-state index contributed by atoms with van der Waals surface area (Å²) in [5.41, 5.74) is 0.648. The van der Waals surface area contributed by atoms with Crippen LogP contribution in [-0.4, -0.2) is 32.3 Å². The zero-order valence-electron chi connectivity index (χ0n) is 13.5. The summed E-state index contributed by atoms with van der Waals surface area (Å²) in [5, 5.41) is 22.9. The SMILES string of the molecule is Cn1ccc2cnc(NC(=O)c3ccc([C@](C)(O)CO)cc3)cc21. The van der Waals surface area contributed by atoms with Crippen molar-refractivity contribution in [3.8, 4) is 0 Å². The molecule has 0 spiro atoms. The molecule has 3 aromatic rings. The number of carbonyl (C=O) groups excluding carboxylic acids is 1. The second kappa shape index (κ2) is 6.07. The number of aliphatic hydroxyl groups is 2. The average Bonchev–Trinajstić information content (AvgIpc) is 2.96. The monoisotopic (exact) mass is 325 g/mol. The summed E-state index contributed by atoms with van der Waals surface area (Å²) >= 11 is 0. The number of fused-ring (bicyclic) bond motifs is 1. The fourth-order valence-electron chi connectivity index (χ4n) is 2.49. The molecule has 0 bridgehead atoms. The molecule has 0 unspecified atom stereocenters. The Kier molecular flexibility index (Phi) is 4.09. The molecule has 6 nitrogen and oxygen atoms in total. The predicted octanol–water partition coefficient (Wildman–Crippen LogP) is 2.03. The lowest BCUT2D eigenvalue weighted by atomic mass is 9.96. The van der Waals surface area contributed by atoms with Crippen molar-refractivity contribution < 1.29 is 15.0 Å². The van der Waals surface area contributed by atoms with Gasteiger partial charge in [0.2, 0.25) is 0 Å². The number of aromatic nitrogens is 2. The molecule has 24 heavy (non-hydrogen) atoms. The molecule has 0 radical (unpaired) electrons. The number of pyridine rings is 1. The molecule has 124 valence electrons. The molecular formula is C18H19N3O3. The fourth-order valence-corrected chi connectivity index (χ4v) is 2.49. The van der Waals surface area contributed by atoms with Gasteiger partial charge in [0.15, 0.2) is 0 Å². The van der Waals surface area contributed by atoms with Gasteiger partial charge < -0.3 is 20.1 Å². The quantitative estimate of drug-likeness (QED) is 0.685. The Hall–Kier alpha value is -2.70. The van der Waals surface area contributed by atoms with Crippen LogP contribution in [-0.2, 0) is 12.6 Å². The highest BCUT2D eigenvalue weighted by molar-refractivity contribution is 6.04. The van der Waals surface area contributed by atoms with Gasteiger partial charge in [0, 0.05) is 36.5 Å². The number of hydrogen-bond acceptors (Lipinski definition) is 4. The minimum absolute atomic E-state index is 0.286. The Balaban J connectivity index is 1.79. The summed E-state index contributed by atoms with van der Waals surface area (Å²) in [5.74, 6) is 0.187. The maximum absolute atomic E-state index is 12.3. The molecule has 0 aliphatic heterocycles. The minimum atomic E-state index is -1.33. The van der Waals surface area contributed by atoms with Crippen molar-refractivity contribution in [3.63, 3.8) is 0 Å². The van der Waals surface area contributed by atoms with Crippen molar-refractivity contribution in [2.45, 2.75) is 12.5 Å². The Bertz CT molecular complexity index is 882. The lowest BCUT2D eigenvalue weighted by molar-refractivity contribution is -0.00229. The van der Waals surface area contributed by atoms with Crippen molar-refractivity contribution in [3.05, 3.63) is 59.9 Å². The molecule has 1 amide bonds. The van der Waals surface area contributed by atoms with Gasteiger partial charge >= 0.3 is 0 Å². The Morgan fingerprint density at radius 1 is 1.29 bits per heavy atom. The van der Waals surface area contributed by atoms with Crippen LogP contribution in [0.5, 0.6) is 0 Å². The number of anilines is 1. The van der Waals surface area contributed by atoms with Crippen LogP contribution in [0.1, 0.15) is 22.8 Å². The van der Waals surface area contributed by atoms with Crippen LogP contribution >= 0.6 is 0 Å². The first-order chi connectivity index (χ1) is 11.4. The van der Waals surface area contributed by atoms with E-state index in [0.717, 1.165) is 10.9 Å². The van der Waals surface area contributed by atoms with Crippen LogP contribution in [0.3, 0.4) is 0 Å². The normalized spacial score (nSPS) is 13.7. The van der Waals surface area contributed by atoms with Gasteiger partial charge in [-0.15, -0.1) is 0 Å². The van der Waals surface area contributed by atoms with Crippen LogP contribution in [0.4, 0.5) is 5.82 Å². The number of amides is 1. The maximum Gasteiger partial charge on any atom is 0.256 e. The van der Waals surface area contributed by atoms with Gasteiger partial charge in [-0.1, -0.05) is 12.1 Å². The summed E-state index contributed by atoms with van der Waals surface area (Å²) in [6.07, 6.45) is 3.65. The topological polar surface area (TPSA) is 87.4 Å². The van der Waals surface area contributed by atoms with E-state index in [2.05, 4.69) is 10.3 Å². The van der Waals surface area contributed by atoms with Crippen LogP contribution in [0, 0.1) is 0 Å². The average molecular weight is 325 g/mol. The first-order valence-electron chi connectivity index (χ1n) is 7.57. The molecule has 1 atom stereocenters. The number of benzene rings is 1. The first kappa shape index (κ1) is 16.2. The highest BCUT2D eigenvalue weighted by Gasteiger charge is 2.21. The van der Waals surface area contributed by atoms with E-state index in [1.165, 1.54) is 6.92 Å². The third kappa shape index (κ3) is 3.02. The number of rotatable bonds is 4. The summed E-state index contributed by atoms with van der Waals surface area (Å²) in [6.45, 7) is 1.13. The molecule has 3 N–H and O–H groups in total. The highest BCUT2D eigenvalue weighted by atomic mass is 16.3. The van der Waals surface area contributed by atoms with E-state index < -0.39 is 5.60 Å². The van der Waals surface area contributed by atoms with E-state index in [9.17, 15) is 15.0 Å². The molecule has 3 rings (SSSR count). The summed E-state index contributed by atoms with van der Waals surface area (Å²) in [7, 11) is 1.93. The van der Waals surface area contributed by atoms with E-state index in [1.807, 2.05) is 29.9 Å². The van der Waals surface area contributed by atoms with Crippen LogP contribution in [0.2, 0.25) is 0 Å². The Labute approximate surface area is 139 Å². The fraction of sp³-hybridized carbons (Fsp3) is 0.222. The lowest BCUT2D eigenvalue weighted by Gasteiger charge is -2.20. The van der Waals surface area contributed by atoms with Crippen LogP contribution in [0.25, 0.3) is 10.9 Å². The molecule has 0 saturated carbocycles. The van der Waals surface area contributed by atoms with Crippen molar-refractivity contribution in [2.75, 3.05) is 11.9 Å². The number of aryl methyl sites for hydroxylation is 1. The van der Waals surface area contributed by atoms with E-state index >= 15 is 0 Å². The minimum Gasteiger partial charge on any atom is -0.393 e. The molecular weight excluding hydrogens is 306 g/mol. The van der Waals surface area contributed by atoms with E-state index in [0.29, 0.717) is 16.9 Å². The molecule has 0 saturated heterocycles. The lowest BCUT2D eigenvalue weighted by Crippen LogP contribution is -2.25. The largest absolute Gasteiger partial charge is 0.393 e. The van der Waals surface area contributed by atoms with Crippen molar-refractivity contribution >= 4 is 22.6 Å². The predicted molar refractivity (Wildman–Crippen MR) is 91.8 cm³/mol. The van der Waals surface area contributed by atoms with Gasteiger partial charge in [-0.25, -0.2) is 4.98 Å². The number of aliphatic hydroxyl groups excluding tert-OH is 1. The maximum atomic E-state index is 12.3. The summed E-state index contributed by atoms with van der Waals surface area (Å²) in [6, 6.07) is 10.2. The molecule has 6 heteroatoms. The molecule has 0 fully saturated rings. The molecule has 2 aromatic heterocycles. The number of hydrogen-bond donors (Lipinski definition) is 3. The van der Waals surface area contributed by atoms with E-state index in [-0.39, 0.29) is 12.5 Å². The third-order valence-electron chi connectivity index (χ3n) is 4.09. The number of nitrogens with zero attached hydrogens (tertiary/aromatic N) is 2. The van der Waals surface area contributed by atoms with Crippen LogP contribution in [0.15, 0.2) is 48.8 Å². The van der Waals surface area contributed by atoms with Crippen LogP contribution < -0.4 is 5.32 Å². The zero-order valence-corrected chi connectivity index (χ0v) is 13.5. The van der Waals surface area contributed by atoms with Crippen molar-refractivity contribution in [1.82, 2.24) is 9.55 Å². The van der Waals surface area contributed by atoms with Gasteiger partial charge in [-0.05, 0) is 30.7 Å².